The van der Waals surface area contributed by atoms with Gasteiger partial charge in [-0.1, -0.05) is 40.2 Å². The first-order chi connectivity index (χ1) is 15.0. The second-order valence-electron chi connectivity index (χ2n) is 6.31. The summed E-state index contributed by atoms with van der Waals surface area (Å²) < 4.78 is 26.0. The molecule has 0 radical (unpaired) electrons. The van der Waals surface area contributed by atoms with E-state index in [0.29, 0.717) is 34.1 Å². The molecule has 0 atom stereocenters. The first-order valence-electron chi connectivity index (χ1n) is 10.2. The molecule has 0 spiro atoms. The molecule has 0 bridgehead atoms. The molecule has 0 saturated carbocycles. The van der Waals surface area contributed by atoms with Crippen molar-refractivity contribution in [1.29, 1.82) is 0 Å². The number of hydrogen-bond donors (Lipinski definition) is 0. The number of carbonyl (C=O) groups is 2. The van der Waals surface area contributed by atoms with Crippen molar-refractivity contribution in [3.05, 3.63) is 47.0 Å². The monoisotopic (exact) mass is 428 g/mol. The molecule has 4 rings (SSSR count). The molecule has 31 heavy (non-hydrogen) atoms. The van der Waals surface area contributed by atoms with Crippen molar-refractivity contribution in [2.75, 3.05) is 21.0 Å². The van der Waals surface area contributed by atoms with Crippen LogP contribution in [0.4, 0.5) is 0 Å². The molecule has 7 heteroatoms. The minimum Gasteiger partial charge on any atom is -0.493 e. The lowest BCUT2D eigenvalue weighted by molar-refractivity contribution is -0.131. The maximum absolute atomic E-state index is 12.3. The number of methoxy groups -OCH3 is 2. The molecule has 166 valence electrons. The highest BCUT2D eigenvalue weighted by molar-refractivity contribution is 6.29. The summed E-state index contributed by atoms with van der Waals surface area (Å²) >= 11 is 0. The van der Waals surface area contributed by atoms with Gasteiger partial charge in [-0.2, -0.15) is 0 Å². The van der Waals surface area contributed by atoms with E-state index in [4.69, 9.17) is 23.7 Å². The third kappa shape index (κ3) is 5.17. The molecule has 0 fully saturated rings. The maximum atomic E-state index is 12.3. The van der Waals surface area contributed by atoms with Gasteiger partial charge >= 0.3 is 11.9 Å². The van der Waals surface area contributed by atoms with Gasteiger partial charge in [0.15, 0.2) is 23.0 Å². The SMILES string of the molecule is CC.CCC.COc1cc2c(cc1OC)/C(=C/c1ccc3c(c1)OCO3)C(=O)OC2=O. The van der Waals surface area contributed by atoms with Crippen LogP contribution < -0.4 is 18.9 Å². The van der Waals surface area contributed by atoms with Gasteiger partial charge in [-0.3, -0.25) is 0 Å². The van der Waals surface area contributed by atoms with Crippen LogP contribution in [0.25, 0.3) is 11.6 Å². The van der Waals surface area contributed by atoms with Gasteiger partial charge in [0.05, 0.1) is 25.4 Å². The number of esters is 2. The zero-order valence-electron chi connectivity index (χ0n) is 18.7. The van der Waals surface area contributed by atoms with Crippen molar-refractivity contribution < 1.29 is 33.3 Å². The highest BCUT2D eigenvalue weighted by Crippen LogP contribution is 2.38. The van der Waals surface area contributed by atoms with Gasteiger partial charge in [0.1, 0.15) is 0 Å². The molecule has 7 nitrogen and oxygen atoms in total. The van der Waals surface area contributed by atoms with E-state index in [1.807, 2.05) is 13.8 Å². The Hall–Kier alpha value is -3.48. The second-order valence-corrected chi connectivity index (χ2v) is 6.31. The average molecular weight is 428 g/mol. The Morgan fingerprint density at radius 1 is 0.871 bits per heavy atom. The molecule has 2 heterocycles. The van der Waals surface area contributed by atoms with Crippen LogP contribution in [0.5, 0.6) is 23.0 Å². The van der Waals surface area contributed by atoms with E-state index in [1.165, 1.54) is 26.7 Å². The summed E-state index contributed by atoms with van der Waals surface area (Å²) in [6.45, 7) is 8.41. The second kappa shape index (κ2) is 11.1. The Kier molecular flexibility index (Phi) is 8.49. The fourth-order valence-corrected chi connectivity index (χ4v) is 2.88. The van der Waals surface area contributed by atoms with Crippen LogP contribution in [-0.4, -0.2) is 33.0 Å². The average Bonchev–Trinajstić information content (AvgIpc) is 3.25. The number of ether oxygens (including phenoxy) is 5. The Balaban J connectivity index is 0.000000630. The predicted molar refractivity (Wildman–Crippen MR) is 118 cm³/mol. The minimum absolute atomic E-state index is 0.158. The molecule has 2 aliphatic rings. The molecular weight excluding hydrogens is 400 g/mol. The predicted octanol–water partition coefficient (Wildman–Crippen LogP) is 5.11. The standard InChI is InChI=1S/C19H14O7.C3H8.C2H6/c1-22-15-7-11-12(5-10-3-4-14-17(6-10)25-9-24-14)18(20)26-19(21)13(11)8-16(15)23-2;1-3-2;1-2/h3-8H,9H2,1-2H3;3H2,1-2H3;1-2H3/b12-5-;;. The van der Waals surface area contributed by atoms with Crippen LogP contribution in [0.2, 0.25) is 0 Å². The van der Waals surface area contributed by atoms with E-state index in [2.05, 4.69) is 13.8 Å². The highest BCUT2D eigenvalue weighted by atomic mass is 16.7. The van der Waals surface area contributed by atoms with Crippen molar-refractivity contribution >= 4 is 23.6 Å². The number of cyclic esters (lactones) is 2. The smallest absolute Gasteiger partial charge is 0.346 e. The third-order valence-corrected chi connectivity index (χ3v) is 4.15. The summed E-state index contributed by atoms with van der Waals surface area (Å²) in [5, 5.41) is 0. The van der Waals surface area contributed by atoms with Crippen molar-refractivity contribution in [3.63, 3.8) is 0 Å². The number of benzene rings is 2. The van der Waals surface area contributed by atoms with Crippen LogP contribution in [0.15, 0.2) is 30.3 Å². The zero-order valence-corrected chi connectivity index (χ0v) is 18.7. The topological polar surface area (TPSA) is 80.3 Å². The molecule has 0 saturated heterocycles. The summed E-state index contributed by atoms with van der Waals surface area (Å²) in [5.74, 6) is 0.555. The van der Waals surface area contributed by atoms with Crippen molar-refractivity contribution in [1.82, 2.24) is 0 Å². The summed E-state index contributed by atoms with van der Waals surface area (Å²) in [5.41, 5.74) is 1.59. The van der Waals surface area contributed by atoms with Gasteiger partial charge in [-0.25, -0.2) is 9.59 Å². The molecule has 2 aromatic carbocycles. The van der Waals surface area contributed by atoms with Crippen molar-refractivity contribution in [3.8, 4) is 23.0 Å². The lowest BCUT2D eigenvalue weighted by atomic mass is 9.94. The number of rotatable bonds is 3. The Labute approximate surface area is 182 Å². The molecule has 2 aromatic rings. The summed E-state index contributed by atoms with van der Waals surface area (Å²) in [6.07, 6.45) is 2.88. The lowest BCUT2D eigenvalue weighted by Crippen LogP contribution is -2.22. The fourth-order valence-electron chi connectivity index (χ4n) is 2.88. The van der Waals surface area contributed by atoms with Crippen molar-refractivity contribution in [2.45, 2.75) is 34.1 Å². The molecule has 0 aromatic heterocycles. The van der Waals surface area contributed by atoms with Crippen LogP contribution in [0.3, 0.4) is 0 Å². The number of fused-ring (bicyclic) bond motifs is 2. The molecule has 0 amide bonds. The molecule has 0 aliphatic carbocycles. The normalized spacial score (nSPS) is 14.5. The van der Waals surface area contributed by atoms with Crippen molar-refractivity contribution in [2.24, 2.45) is 0 Å². The van der Waals surface area contributed by atoms with E-state index in [1.54, 1.807) is 30.3 Å². The van der Waals surface area contributed by atoms with Crippen LogP contribution in [0.1, 0.15) is 55.6 Å². The van der Waals surface area contributed by atoms with Gasteiger partial charge in [-0.15, -0.1) is 0 Å². The van der Waals surface area contributed by atoms with E-state index in [9.17, 15) is 9.59 Å². The summed E-state index contributed by atoms with van der Waals surface area (Å²) in [4.78, 5) is 24.4. The highest BCUT2D eigenvalue weighted by Gasteiger charge is 2.31. The quantitative estimate of drug-likeness (QED) is 0.382. The van der Waals surface area contributed by atoms with E-state index < -0.39 is 11.9 Å². The van der Waals surface area contributed by atoms with Gasteiger partial charge in [-0.05, 0) is 35.9 Å². The summed E-state index contributed by atoms with van der Waals surface area (Å²) in [6, 6.07) is 8.37. The molecular formula is C24H28O7. The Morgan fingerprint density at radius 3 is 2.06 bits per heavy atom. The third-order valence-electron chi connectivity index (χ3n) is 4.15. The van der Waals surface area contributed by atoms with Gasteiger partial charge in [0, 0.05) is 5.56 Å². The van der Waals surface area contributed by atoms with Crippen LogP contribution in [-0.2, 0) is 9.53 Å². The van der Waals surface area contributed by atoms with E-state index >= 15 is 0 Å². The summed E-state index contributed by atoms with van der Waals surface area (Å²) in [7, 11) is 2.95. The van der Waals surface area contributed by atoms with E-state index in [-0.39, 0.29) is 17.9 Å². The molecule has 0 N–H and O–H groups in total. The zero-order chi connectivity index (χ0) is 23.0. The molecule has 0 unspecified atom stereocenters. The Morgan fingerprint density at radius 2 is 1.45 bits per heavy atom. The molecule has 2 aliphatic heterocycles. The number of carbonyl (C=O) groups excluding carboxylic acids is 2. The first-order valence-corrected chi connectivity index (χ1v) is 10.2. The van der Waals surface area contributed by atoms with Crippen LogP contribution >= 0.6 is 0 Å². The maximum Gasteiger partial charge on any atom is 0.346 e. The first kappa shape index (κ1) is 23.8. The van der Waals surface area contributed by atoms with E-state index in [0.717, 1.165) is 0 Å². The van der Waals surface area contributed by atoms with Gasteiger partial charge in [0.25, 0.3) is 0 Å². The minimum atomic E-state index is -0.729. The number of hydrogen-bond acceptors (Lipinski definition) is 7. The largest absolute Gasteiger partial charge is 0.493 e. The van der Waals surface area contributed by atoms with Crippen LogP contribution in [0, 0.1) is 0 Å². The fraction of sp³-hybridized carbons (Fsp3) is 0.333. The Bertz CT molecular complexity index is 976. The lowest BCUT2D eigenvalue weighted by Gasteiger charge is -2.19. The van der Waals surface area contributed by atoms with Gasteiger partial charge in [0.2, 0.25) is 6.79 Å². The van der Waals surface area contributed by atoms with Gasteiger partial charge < -0.3 is 23.7 Å².